The van der Waals surface area contributed by atoms with Gasteiger partial charge in [-0.15, -0.1) is 11.3 Å². The van der Waals surface area contributed by atoms with E-state index in [-0.39, 0.29) is 18.4 Å². The number of carbonyl (C=O) groups excluding carboxylic acids is 3. The number of ether oxygens (including phenoxy) is 2. The van der Waals surface area contributed by atoms with Gasteiger partial charge in [0.1, 0.15) is 11.6 Å². The molecule has 1 aliphatic carbocycles. The molecule has 0 bridgehead atoms. The van der Waals surface area contributed by atoms with Gasteiger partial charge in [-0.2, -0.15) is 0 Å². The van der Waals surface area contributed by atoms with Crippen LogP contribution >= 0.6 is 11.3 Å². The monoisotopic (exact) mass is 484 g/mol. The van der Waals surface area contributed by atoms with Gasteiger partial charge in [-0.1, -0.05) is 12.1 Å². The van der Waals surface area contributed by atoms with E-state index in [0.717, 1.165) is 29.7 Å². The summed E-state index contributed by atoms with van der Waals surface area (Å²) in [5.74, 6) is 0.442. The molecule has 34 heavy (non-hydrogen) atoms. The number of hydrogen-bond donors (Lipinski definition) is 2. The minimum Gasteiger partial charge on any atom is -0.485 e. The summed E-state index contributed by atoms with van der Waals surface area (Å²) in [7, 11) is 0. The number of fused-ring (bicyclic) bond motifs is 2. The van der Waals surface area contributed by atoms with Gasteiger partial charge in [0.25, 0.3) is 11.8 Å². The number of primary amides is 1. The minimum atomic E-state index is -0.671. The number of nitrogens with zero attached hydrogens (tertiary/aromatic N) is 2. The highest BCUT2D eigenvalue weighted by atomic mass is 32.1. The highest BCUT2D eigenvalue weighted by molar-refractivity contribution is 7.17. The van der Waals surface area contributed by atoms with E-state index < -0.39 is 18.1 Å². The topological polar surface area (TPSA) is 114 Å². The third-order valence-electron chi connectivity index (χ3n) is 6.74. The Bertz CT molecular complexity index is 1120. The van der Waals surface area contributed by atoms with Crippen molar-refractivity contribution in [3.8, 4) is 11.5 Å². The Labute approximate surface area is 201 Å². The van der Waals surface area contributed by atoms with Crippen LogP contribution in [0.15, 0.2) is 24.3 Å². The van der Waals surface area contributed by atoms with Crippen molar-refractivity contribution in [2.45, 2.75) is 38.3 Å². The SMILES string of the molecule is CC(C(=O)Nc1sc2c(c1C(N)=O)CCC2)N1CCN(C(=O)C2COc3ccccc3O2)CC1. The Morgan fingerprint density at radius 1 is 1.12 bits per heavy atom. The zero-order valence-electron chi connectivity index (χ0n) is 19.0. The number of nitrogens with one attached hydrogen (secondary N) is 1. The first-order chi connectivity index (χ1) is 16.4. The average molecular weight is 485 g/mol. The smallest absolute Gasteiger partial charge is 0.267 e. The molecule has 3 aliphatic rings. The van der Waals surface area contributed by atoms with Crippen molar-refractivity contribution < 1.29 is 23.9 Å². The lowest BCUT2D eigenvalue weighted by Crippen LogP contribution is -2.57. The standard InChI is InChI=1S/C24H28N4O5S/c1-14(22(30)26-23-20(21(25)29)15-5-4-8-19(15)34-23)27-9-11-28(12-10-27)24(31)18-13-32-16-6-2-3-7-17(16)33-18/h2-3,6-7,14,18H,4-5,8-13H2,1H3,(H2,25,29)(H,26,30). The highest BCUT2D eigenvalue weighted by Crippen LogP contribution is 2.39. The number of aryl methyl sites for hydroxylation is 1. The van der Waals surface area contributed by atoms with Crippen molar-refractivity contribution in [1.82, 2.24) is 9.80 Å². The van der Waals surface area contributed by atoms with Crippen LogP contribution in [0, 0.1) is 0 Å². The number of carbonyl (C=O) groups is 3. The molecule has 1 saturated heterocycles. The molecule has 1 aromatic heterocycles. The predicted molar refractivity (Wildman–Crippen MR) is 127 cm³/mol. The Morgan fingerprint density at radius 3 is 2.59 bits per heavy atom. The normalized spacial score (nSPS) is 20.5. The van der Waals surface area contributed by atoms with Crippen LogP contribution in [-0.2, 0) is 22.4 Å². The summed E-state index contributed by atoms with van der Waals surface area (Å²) in [5.41, 5.74) is 7.06. The molecule has 5 rings (SSSR count). The van der Waals surface area contributed by atoms with E-state index >= 15 is 0 Å². The molecule has 0 radical (unpaired) electrons. The van der Waals surface area contributed by atoms with Crippen LogP contribution in [0.1, 0.15) is 34.1 Å². The first-order valence-corrected chi connectivity index (χ1v) is 12.4. The van der Waals surface area contributed by atoms with Gasteiger partial charge in [0.2, 0.25) is 12.0 Å². The molecule has 2 aliphatic heterocycles. The molecule has 0 saturated carbocycles. The van der Waals surface area contributed by atoms with Gasteiger partial charge in [-0.05, 0) is 43.9 Å². The zero-order valence-corrected chi connectivity index (χ0v) is 19.9. The van der Waals surface area contributed by atoms with E-state index in [1.807, 2.05) is 30.0 Å². The summed E-state index contributed by atoms with van der Waals surface area (Å²) in [6.45, 7) is 4.15. The summed E-state index contributed by atoms with van der Waals surface area (Å²) < 4.78 is 11.5. The molecule has 3 heterocycles. The van der Waals surface area contributed by atoms with Crippen molar-refractivity contribution in [2.24, 2.45) is 5.73 Å². The Balaban J connectivity index is 1.16. The van der Waals surface area contributed by atoms with E-state index in [1.54, 1.807) is 11.0 Å². The number of thiophene rings is 1. The predicted octanol–water partition coefficient (Wildman–Crippen LogP) is 1.65. The van der Waals surface area contributed by atoms with Crippen LogP contribution in [0.5, 0.6) is 11.5 Å². The maximum absolute atomic E-state index is 13.0. The first-order valence-electron chi connectivity index (χ1n) is 11.6. The second kappa shape index (κ2) is 9.27. The molecule has 3 amide bonds. The summed E-state index contributed by atoms with van der Waals surface area (Å²) in [4.78, 5) is 42.9. The summed E-state index contributed by atoms with van der Waals surface area (Å²) in [6.07, 6.45) is 2.09. The molecule has 10 heteroatoms. The van der Waals surface area contributed by atoms with E-state index in [2.05, 4.69) is 5.32 Å². The largest absolute Gasteiger partial charge is 0.485 e. The Hall–Kier alpha value is -3.11. The van der Waals surface area contributed by atoms with Crippen LogP contribution in [0.25, 0.3) is 0 Å². The van der Waals surface area contributed by atoms with E-state index in [1.165, 1.54) is 11.3 Å². The maximum Gasteiger partial charge on any atom is 0.267 e. The van der Waals surface area contributed by atoms with Crippen LogP contribution < -0.4 is 20.5 Å². The van der Waals surface area contributed by atoms with Crippen molar-refractivity contribution in [1.29, 1.82) is 0 Å². The number of rotatable bonds is 5. The lowest BCUT2D eigenvalue weighted by atomic mass is 10.1. The average Bonchev–Trinajstić information content (AvgIpc) is 3.43. The Kier molecular flexibility index (Phi) is 6.18. The van der Waals surface area contributed by atoms with Gasteiger partial charge < -0.3 is 25.4 Å². The van der Waals surface area contributed by atoms with Crippen LogP contribution in [0.2, 0.25) is 0 Å². The number of para-hydroxylation sites is 2. The lowest BCUT2D eigenvalue weighted by molar-refractivity contribution is -0.143. The number of amides is 3. The van der Waals surface area contributed by atoms with Gasteiger partial charge in [0.15, 0.2) is 11.5 Å². The number of piperazine rings is 1. The third kappa shape index (κ3) is 4.23. The molecular formula is C24H28N4O5S. The fourth-order valence-corrected chi connectivity index (χ4v) is 6.11. The molecule has 3 N–H and O–H groups in total. The summed E-state index contributed by atoms with van der Waals surface area (Å²) in [5, 5.41) is 3.49. The number of hydrogen-bond acceptors (Lipinski definition) is 7. The first kappa shape index (κ1) is 22.7. The van der Waals surface area contributed by atoms with E-state index in [4.69, 9.17) is 15.2 Å². The van der Waals surface area contributed by atoms with Crippen molar-refractivity contribution >= 4 is 34.1 Å². The van der Waals surface area contributed by atoms with Crippen LogP contribution in [0.3, 0.4) is 0 Å². The third-order valence-corrected chi connectivity index (χ3v) is 7.95. The highest BCUT2D eigenvalue weighted by Gasteiger charge is 2.35. The summed E-state index contributed by atoms with van der Waals surface area (Å²) in [6, 6.07) is 6.91. The van der Waals surface area contributed by atoms with Crippen LogP contribution in [-0.4, -0.2) is 72.5 Å². The summed E-state index contributed by atoms with van der Waals surface area (Å²) >= 11 is 1.45. The molecule has 2 aromatic rings. The molecule has 1 fully saturated rings. The molecule has 1 aromatic carbocycles. The van der Waals surface area contributed by atoms with E-state index in [9.17, 15) is 14.4 Å². The van der Waals surface area contributed by atoms with Crippen molar-refractivity contribution in [3.63, 3.8) is 0 Å². The van der Waals surface area contributed by atoms with Gasteiger partial charge in [0, 0.05) is 31.1 Å². The fraction of sp³-hybridized carbons (Fsp3) is 0.458. The van der Waals surface area contributed by atoms with Crippen molar-refractivity contribution in [3.05, 3.63) is 40.3 Å². The lowest BCUT2D eigenvalue weighted by Gasteiger charge is -2.39. The number of anilines is 1. The molecule has 180 valence electrons. The molecule has 2 unspecified atom stereocenters. The number of benzene rings is 1. The molecule has 9 nitrogen and oxygen atoms in total. The molecule has 0 spiro atoms. The zero-order chi connectivity index (χ0) is 23.8. The quantitative estimate of drug-likeness (QED) is 0.667. The maximum atomic E-state index is 13.0. The van der Waals surface area contributed by atoms with Gasteiger partial charge in [0.05, 0.1) is 11.6 Å². The Morgan fingerprint density at radius 2 is 1.85 bits per heavy atom. The second-order valence-electron chi connectivity index (χ2n) is 8.82. The van der Waals surface area contributed by atoms with Gasteiger partial charge >= 0.3 is 0 Å². The van der Waals surface area contributed by atoms with Gasteiger partial charge in [-0.3, -0.25) is 19.3 Å². The number of nitrogens with two attached hydrogens (primary N) is 1. The minimum absolute atomic E-state index is 0.106. The van der Waals surface area contributed by atoms with Gasteiger partial charge in [-0.25, -0.2) is 0 Å². The van der Waals surface area contributed by atoms with Crippen molar-refractivity contribution in [2.75, 3.05) is 38.1 Å². The van der Waals surface area contributed by atoms with E-state index in [0.29, 0.717) is 48.2 Å². The second-order valence-corrected chi connectivity index (χ2v) is 9.92. The molecule has 2 atom stereocenters. The molecular weight excluding hydrogens is 456 g/mol. The van der Waals surface area contributed by atoms with Crippen LogP contribution in [0.4, 0.5) is 5.00 Å². The fourth-order valence-electron chi connectivity index (χ4n) is 4.81.